The lowest BCUT2D eigenvalue weighted by atomic mass is 9.73. The van der Waals surface area contributed by atoms with Gasteiger partial charge in [0, 0.05) is 33.4 Å². The molecule has 0 radical (unpaired) electrons. The number of anilines is 1. The molecule has 0 amide bonds. The second-order valence-electron chi connectivity index (χ2n) is 9.68. The fraction of sp³-hybridized carbons (Fsp3) is 0.226. The molecule has 0 bridgehead atoms. The third-order valence-electron chi connectivity index (χ3n) is 7.20. The third kappa shape index (κ3) is 4.78. The van der Waals surface area contributed by atoms with Crippen LogP contribution in [0.3, 0.4) is 0 Å². The minimum Gasteiger partial charge on any atom is -0.489 e. The maximum absolute atomic E-state index is 13.5. The summed E-state index contributed by atoms with van der Waals surface area (Å²) in [5.41, 5.74) is 13.2. The number of nitrogens with zero attached hydrogens (tertiary/aromatic N) is 2. The van der Waals surface area contributed by atoms with Gasteiger partial charge in [0.05, 0.1) is 17.6 Å². The molecule has 0 fully saturated rings. The average Bonchev–Trinajstić information content (AvgIpc) is 2.89. The molecule has 0 saturated carbocycles. The fourth-order valence-corrected chi connectivity index (χ4v) is 5.72. The van der Waals surface area contributed by atoms with E-state index in [-0.39, 0.29) is 5.78 Å². The summed E-state index contributed by atoms with van der Waals surface area (Å²) in [6.07, 6.45) is 1.85. The normalized spacial score (nSPS) is 17.4. The molecule has 0 saturated heterocycles. The van der Waals surface area contributed by atoms with E-state index in [1.807, 2.05) is 43.0 Å². The zero-order chi connectivity index (χ0) is 27.0. The molecule has 1 atom stereocenters. The Labute approximate surface area is 232 Å². The number of allylic oxidation sites excluding steroid dienone is 3. The number of hydrogen-bond donors (Lipinski definition) is 1. The van der Waals surface area contributed by atoms with Crippen LogP contribution in [0.2, 0.25) is 10.0 Å². The summed E-state index contributed by atoms with van der Waals surface area (Å²) >= 11 is 12.3. The number of carbonyl (C=O) groups is 1. The summed E-state index contributed by atoms with van der Waals surface area (Å²) in [6, 6.07) is 21.0. The number of ketones is 1. The average molecular weight is 544 g/mol. The Kier molecular flexibility index (Phi) is 7.21. The molecule has 0 aromatic heterocycles. The zero-order valence-corrected chi connectivity index (χ0v) is 22.7. The molecule has 1 unspecified atom stereocenters. The van der Waals surface area contributed by atoms with Crippen LogP contribution in [-0.4, -0.2) is 5.78 Å². The van der Waals surface area contributed by atoms with Crippen LogP contribution >= 0.6 is 23.2 Å². The predicted molar refractivity (Wildman–Crippen MR) is 151 cm³/mol. The Balaban J connectivity index is 1.63. The van der Waals surface area contributed by atoms with Gasteiger partial charge in [-0.15, -0.1) is 0 Å². The maximum atomic E-state index is 13.5. The lowest BCUT2D eigenvalue weighted by Crippen LogP contribution is -2.39. The topological polar surface area (TPSA) is 79.3 Å². The molecule has 2 aliphatic rings. The van der Waals surface area contributed by atoms with Gasteiger partial charge < -0.3 is 10.5 Å². The number of hydrogen-bond acceptors (Lipinski definition) is 5. The highest BCUT2D eigenvalue weighted by molar-refractivity contribution is 6.31. The van der Waals surface area contributed by atoms with Crippen molar-refractivity contribution in [3.8, 4) is 11.8 Å². The number of Topliss-reactive ketones (excluding diaryl/α,β-unsaturated/α-hetero) is 1. The molecule has 3 aromatic carbocycles. The maximum Gasteiger partial charge on any atom is 0.161 e. The van der Waals surface area contributed by atoms with Crippen molar-refractivity contribution in [3.05, 3.63) is 116 Å². The van der Waals surface area contributed by atoms with Gasteiger partial charge in [0.1, 0.15) is 18.2 Å². The van der Waals surface area contributed by atoms with E-state index in [1.54, 1.807) is 24.3 Å². The molecule has 1 heterocycles. The number of nitrogens with two attached hydrogens (primary N) is 1. The lowest BCUT2D eigenvalue weighted by Gasteiger charge is -2.40. The van der Waals surface area contributed by atoms with Gasteiger partial charge in [-0.1, -0.05) is 47.0 Å². The van der Waals surface area contributed by atoms with Crippen LogP contribution in [0.15, 0.2) is 83.3 Å². The second kappa shape index (κ2) is 10.6. The van der Waals surface area contributed by atoms with Gasteiger partial charge in [0.25, 0.3) is 0 Å². The number of ether oxygens (including phenoxy) is 1. The van der Waals surface area contributed by atoms with E-state index in [1.165, 1.54) is 0 Å². The largest absolute Gasteiger partial charge is 0.489 e. The summed E-state index contributed by atoms with van der Waals surface area (Å²) in [7, 11) is 0. The number of rotatable bonds is 5. The minimum atomic E-state index is -0.549. The van der Waals surface area contributed by atoms with Crippen molar-refractivity contribution in [2.24, 2.45) is 5.73 Å². The standard InChI is InChI=1S/C31H27Cl2N3O2/c1-18-13-20(17-38-24-11-9-21(32)10-12-24)19(2)25(14-18)29-26(16-34)31(35)36(23-6-3-5-22(33)15-23)27-7-4-8-28(37)30(27)29/h3,5-6,9-15,29H,4,7-8,17,35H2,1-2H3. The van der Waals surface area contributed by atoms with E-state index >= 15 is 0 Å². The first-order valence-electron chi connectivity index (χ1n) is 12.5. The van der Waals surface area contributed by atoms with Crippen LogP contribution in [0.5, 0.6) is 5.75 Å². The van der Waals surface area contributed by atoms with Gasteiger partial charge in [0.15, 0.2) is 5.78 Å². The van der Waals surface area contributed by atoms with Crippen molar-refractivity contribution in [1.29, 1.82) is 5.26 Å². The second-order valence-corrected chi connectivity index (χ2v) is 10.5. The van der Waals surface area contributed by atoms with Gasteiger partial charge in [-0.3, -0.25) is 9.69 Å². The van der Waals surface area contributed by atoms with E-state index in [0.29, 0.717) is 52.2 Å². The molecule has 7 heteroatoms. The van der Waals surface area contributed by atoms with E-state index in [0.717, 1.165) is 40.1 Å². The number of nitriles is 1. The molecule has 1 aliphatic heterocycles. The molecular formula is C31H27Cl2N3O2. The van der Waals surface area contributed by atoms with E-state index in [2.05, 4.69) is 18.2 Å². The predicted octanol–water partition coefficient (Wildman–Crippen LogP) is 7.49. The molecular weight excluding hydrogens is 517 g/mol. The number of aryl methyl sites for hydroxylation is 1. The number of halogens is 2. The summed E-state index contributed by atoms with van der Waals surface area (Å²) in [5, 5.41) is 11.6. The van der Waals surface area contributed by atoms with Gasteiger partial charge in [-0.2, -0.15) is 5.26 Å². The Hall–Kier alpha value is -3.72. The Morgan fingerprint density at radius 3 is 2.53 bits per heavy atom. The number of benzene rings is 3. The number of carbonyl (C=O) groups excluding carboxylic acids is 1. The Morgan fingerprint density at radius 1 is 1.05 bits per heavy atom. The highest BCUT2D eigenvalue weighted by Crippen LogP contribution is 2.47. The van der Waals surface area contributed by atoms with Crippen LogP contribution in [0.1, 0.15) is 47.4 Å². The van der Waals surface area contributed by atoms with Crippen molar-refractivity contribution in [3.63, 3.8) is 0 Å². The smallest absolute Gasteiger partial charge is 0.161 e. The molecule has 192 valence electrons. The van der Waals surface area contributed by atoms with Crippen molar-refractivity contribution >= 4 is 34.7 Å². The van der Waals surface area contributed by atoms with Gasteiger partial charge in [-0.25, -0.2) is 0 Å². The summed E-state index contributed by atoms with van der Waals surface area (Å²) < 4.78 is 6.05. The van der Waals surface area contributed by atoms with E-state index in [9.17, 15) is 10.1 Å². The summed E-state index contributed by atoms with van der Waals surface area (Å²) in [6.45, 7) is 4.36. The van der Waals surface area contributed by atoms with Crippen LogP contribution < -0.4 is 15.4 Å². The summed E-state index contributed by atoms with van der Waals surface area (Å²) in [5.74, 6) is 0.532. The quantitative estimate of drug-likeness (QED) is 0.360. The third-order valence-corrected chi connectivity index (χ3v) is 7.69. The highest BCUT2D eigenvalue weighted by Gasteiger charge is 2.41. The lowest BCUT2D eigenvalue weighted by molar-refractivity contribution is -0.116. The Bertz CT molecular complexity index is 1530. The molecule has 1 aliphatic carbocycles. The van der Waals surface area contributed by atoms with E-state index < -0.39 is 5.92 Å². The zero-order valence-electron chi connectivity index (χ0n) is 21.2. The first-order valence-corrected chi connectivity index (χ1v) is 13.2. The van der Waals surface area contributed by atoms with Crippen molar-refractivity contribution in [1.82, 2.24) is 0 Å². The first-order chi connectivity index (χ1) is 18.3. The van der Waals surface area contributed by atoms with Crippen LogP contribution in [-0.2, 0) is 11.4 Å². The van der Waals surface area contributed by atoms with E-state index in [4.69, 9.17) is 33.7 Å². The first kappa shape index (κ1) is 25.9. The van der Waals surface area contributed by atoms with Crippen LogP contribution in [0, 0.1) is 25.2 Å². The molecule has 38 heavy (non-hydrogen) atoms. The van der Waals surface area contributed by atoms with Crippen LogP contribution in [0.4, 0.5) is 5.69 Å². The molecule has 5 nitrogen and oxygen atoms in total. The highest BCUT2D eigenvalue weighted by atomic mass is 35.5. The van der Waals surface area contributed by atoms with Crippen LogP contribution in [0.25, 0.3) is 0 Å². The minimum absolute atomic E-state index is 0.0448. The molecule has 3 aromatic rings. The van der Waals surface area contributed by atoms with Crippen molar-refractivity contribution < 1.29 is 9.53 Å². The molecule has 2 N–H and O–H groups in total. The van der Waals surface area contributed by atoms with Crippen molar-refractivity contribution in [2.45, 2.75) is 45.6 Å². The van der Waals surface area contributed by atoms with Gasteiger partial charge in [0.2, 0.25) is 0 Å². The van der Waals surface area contributed by atoms with Gasteiger partial charge in [-0.05, 0) is 85.8 Å². The van der Waals surface area contributed by atoms with Crippen molar-refractivity contribution in [2.75, 3.05) is 4.90 Å². The summed E-state index contributed by atoms with van der Waals surface area (Å²) in [4.78, 5) is 15.4. The molecule has 5 rings (SSSR count). The molecule has 0 spiro atoms. The Morgan fingerprint density at radius 2 is 1.82 bits per heavy atom. The monoisotopic (exact) mass is 543 g/mol. The SMILES string of the molecule is Cc1cc(COc2ccc(Cl)cc2)c(C)c(C2C(C#N)=C(N)N(c3cccc(Cl)c3)C3=C2C(=O)CCC3)c1. The van der Waals surface area contributed by atoms with Gasteiger partial charge >= 0.3 is 0 Å². The fourth-order valence-electron chi connectivity index (χ4n) is 5.41.